The van der Waals surface area contributed by atoms with E-state index in [1.807, 2.05) is 0 Å². The SMILES string of the molecule is S=C(N[C@@H]1C[C@H]2C=C[C@H]1C2)N1CCC(CCCC2CCN(C(=S)N[C@@H]3C[C@H]4C=C[C@H]3C4)CC2)CC1. The van der Waals surface area contributed by atoms with E-state index in [9.17, 15) is 0 Å². The number of nitrogens with one attached hydrogen (secondary N) is 2. The number of piperidine rings is 2. The molecule has 6 aliphatic rings. The Bertz CT molecular complexity index is 772. The van der Waals surface area contributed by atoms with Crippen LogP contribution in [0.2, 0.25) is 0 Å². The number of likely N-dealkylation sites (tertiary alicyclic amines) is 2. The highest BCUT2D eigenvalue weighted by molar-refractivity contribution is 7.80. The molecule has 4 nitrogen and oxygen atoms in total. The molecule has 192 valence electrons. The van der Waals surface area contributed by atoms with E-state index in [1.54, 1.807) is 0 Å². The summed E-state index contributed by atoms with van der Waals surface area (Å²) in [5.74, 6) is 4.83. The second kappa shape index (κ2) is 10.7. The van der Waals surface area contributed by atoms with E-state index in [-0.39, 0.29) is 0 Å². The molecule has 2 aliphatic heterocycles. The van der Waals surface area contributed by atoms with Crippen LogP contribution < -0.4 is 10.6 Å². The summed E-state index contributed by atoms with van der Waals surface area (Å²) in [5.41, 5.74) is 0. The van der Waals surface area contributed by atoms with E-state index >= 15 is 0 Å². The number of allylic oxidation sites excluding steroid dienone is 2. The Morgan fingerprint density at radius 1 is 0.629 bits per heavy atom. The van der Waals surface area contributed by atoms with Crippen LogP contribution in [0.5, 0.6) is 0 Å². The Morgan fingerprint density at radius 2 is 1.06 bits per heavy atom. The molecule has 0 unspecified atom stereocenters. The number of hydrogen-bond donors (Lipinski definition) is 2. The van der Waals surface area contributed by atoms with Crippen LogP contribution in [0.1, 0.15) is 70.6 Å². The summed E-state index contributed by atoms with van der Waals surface area (Å²) in [6, 6.07) is 1.17. The number of rotatable bonds is 6. The van der Waals surface area contributed by atoms with Crippen LogP contribution in [0.25, 0.3) is 0 Å². The number of hydrogen-bond acceptors (Lipinski definition) is 2. The van der Waals surface area contributed by atoms with Crippen molar-refractivity contribution in [2.75, 3.05) is 26.2 Å². The second-order valence-electron chi connectivity index (χ2n) is 12.5. The molecule has 4 bridgehead atoms. The largest absolute Gasteiger partial charge is 0.359 e. The smallest absolute Gasteiger partial charge is 0.169 e. The summed E-state index contributed by atoms with van der Waals surface area (Å²) in [4.78, 5) is 4.89. The maximum atomic E-state index is 5.79. The van der Waals surface area contributed by atoms with Crippen molar-refractivity contribution in [2.45, 2.75) is 82.7 Å². The molecular weight excluding hydrogens is 468 g/mol. The van der Waals surface area contributed by atoms with Gasteiger partial charge in [0.15, 0.2) is 10.2 Å². The summed E-state index contributed by atoms with van der Waals surface area (Å²) in [5, 5.41) is 9.45. The number of thiocarbonyl (C=S) groups is 2. The van der Waals surface area contributed by atoms with Gasteiger partial charge in [-0.1, -0.05) is 43.6 Å². The topological polar surface area (TPSA) is 30.5 Å². The minimum absolute atomic E-state index is 0.585. The Hall–Kier alpha value is -1.14. The van der Waals surface area contributed by atoms with Crippen molar-refractivity contribution >= 4 is 34.7 Å². The fourth-order valence-corrected chi connectivity index (χ4v) is 8.61. The number of fused-ring (bicyclic) bond motifs is 4. The van der Waals surface area contributed by atoms with Crippen molar-refractivity contribution < 1.29 is 0 Å². The van der Waals surface area contributed by atoms with Crippen molar-refractivity contribution in [3.05, 3.63) is 24.3 Å². The fourth-order valence-electron chi connectivity index (χ4n) is 7.94. The van der Waals surface area contributed by atoms with Gasteiger partial charge in [-0.2, -0.15) is 0 Å². The summed E-state index contributed by atoms with van der Waals surface area (Å²) >= 11 is 11.6. The van der Waals surface area contributed by atoms with Crippen LogP contribution in [0.4, 0.5) is 0 Å². The van der Waals surface area contributed by atoms with Crippen LogP contribution in [-0.4, -0.2) is 58.3 Å². The van der Waals surface area contributed by atoms with Crippen LogP contribution >= 0.6 is 24.4 Å². The summed E-state index contributed by atoms with van der Waals surface area (Å²) < 4.78 is 0. The third kappa shape index (κ3) is 5.58. The average Bonchev–Trinajstić information content (AvgIpc) is 3.68. The monoisotopic (exact) mass is 512 g/mol. The zero-order valence-electron chi connectivity index (χ0n) is 21.2. The van der Waals surface area contributed by atoms with E-state index in [0.29, 0.717) is 23.9 Å². The van der Waals surface area contributed by atoms with Crippen LogP contribution in [-0.2, 0) is 0 Å². The first-order valence-corrected chi connectivity index (χ1v) is 15.4. The van der Waals surface area contributed by atoms with Gasteiger partial charge in [-0.3, -0.25) is 0 Å². The summed E-state index contributed by atoms with van der Waals surface area (Å²) in [6.45, 7) is 4.59. The van der Waals surface area contributed by atoms with Gasteiger partial charge >= 0.3 is 0 Å². The molecule has 6 rings (SSSR count). The lowest BCUT2D eigenvalue weighted by Crippen LogP contribution is -2.48. The highest BCUT2D eigenvalue weighted by Gasteiger charge is 2.37. The predicted octanol–water partition coefficient (Wildman–Crippen LogP) is 5.26. The van der Waals surface area contributed by atoms with Crippen molar-refractivity contribution in [1.82, 2.24) is 20.4 Å². The molecule has 0 aromatic carbocycles. The molecule has 0 radical (unpaired) electrons. The molecule has 4 aliphatic carbocycles. The van der Waals surface area contributed by atoms with Crippen molar-refractivity contribution in [1.29, 1.82) is 0 Å². The second-order valence-corrected chi connectivity index (χ2v) is 13.2. The van der Waals surface area contributed by atoms with Gasteiger partial charge in [-0.05, 0) is 111 Å². The van der Waals surface area contributed by atoms with Gasteiger partial charge < -0.3 is 20.4 Å². The van der Waals surface area contributed by atoms with Crippen molar-refractivity contribution in [2.24, 2.45) is 35.5 Å². The minimum atomic E-state index is 0.585. The van der Waals surface area contributed by atoms with E-state index in [2.05, 4.69) is 44.7 Å². The van der Waals surface area contributed by atoms with Crippen LogP contribution in [0.3, 0.4) is 0 Å². The molecule has 6 atom stereocenters. The van der Waals surface area contributed by atoms with Crippen molar-refractivity contribution in [3.63, 3.8) is 0 Å². The zero-order valence-corrected chi connectivity index (χ0v) is 22.9. The predicted molar refractivity (Wildman–Crippen MR) is 152 cm³/mol. The third-order valence-corrected chi connectivity index (χ3v) is 11.0. The molecule has 6 heteroatoms. The molecule has 0 aromatic rings. The summed E-state index contributed by atoms with van der Waals surface area (Å²) in [6.07, 6.45) is 24.3. The van der Waals surface area contributed by atoms with Gasteiger partial charge in [0.1, 0.15) is 0 Å². The molecule has 35 heavy (non-hydrogen) atoms. The maximum absolute atomic E-state index is 5.79. The van der Waals surface area contributed by atoms with Gasteiger partial charge in [0.05, 0.1) is 0 Å². The fraction of sp³-hybridized carbons (Fsp3) is 0.793. The number of nitrogens with zero attached hydrogens (tertiary/aromatic N) is 2. The lowest BCUT2D eigenvalue weighted by Gasteiger charge is -2.37. The molecule has 4 fully saturated rings. The Kier molecular flexibility index (Phi) is 7.39. The van der Waals surface area contributed by atoms with Gasteiger partial charge in [-0.25, -0.2) is 0 Å². The average molecular weight is 513 g/mol. The first-order valence-electron chi connectivity index (χ1n) is 14.6. The van der Waals surface area contributed by atoms with Crippen LogP contribution in [0, 0.1) is 35.5 Å². The lowest BCUT2D eigenvalue weighted by atomic mass is 9.87. The van der Waals surface area contributed by atoms with E-state index in [1.165, 1.54) is 70.6 Å². The highest BCUT2D eigenvalue weighted by Crippen LogP contribution is 2.40. The normalized spacial score (nSPS) is 36.3. The Labute approximate surface area is 223 Å². The summed E-state index contributed by atoms with van der Waals surface area (Å²) in [7, 11) is 0. The maximum Gasteiger partial charge on any atom is 0.169 e. The van der Waals surface area contributed by atoms with Gasteiger partial charge in [0.2, 0.25) is 0 Å². The third-order valence-electron chi connectivity index (χ3n) is 10.2. The van der Waals surface area contributed by atoms with E-state index < -0.39 is 0 Å². The van der Waals surface area contributed by atoms with Crippen LogP contribution in [0.15, 0.2) is 24.3 Å². The van der Waals surface area contributed by atoms with Gasteiger partial charge in [0, 0.05) is 38.3 Å². The molecule has 0 spiro atoms. The zero-order chi connectivity index (χ0) is 23.8. The first-order chi connectivity index (χ1) is 17.1. The first kappa shape index (κ1) is 24.2. The van der Waals surface area contributed by atoms with E-state index in [4.69, 9.17) is 24.4 Å². The Morgan fingerprint density at radius 3 is 1.40 bits per heavy atom. The molecule has 2 saturated carbocycles. The van der Waals surface area contributed by atoms with E-state index in [0.717, 1.165) is 60.1 Å². The van der Waals surface area contributed by atoms with Gasteiger partial charge in [0.25, 0.3) is 0 Å². The van der Waals surface area contributed by atoms with Gasteiger partial charge in [-0.15, -0.1) is 0 Å². The molecule has 0 aromatic heterocycles. The molecule has 2 N–H and O–H groups in total. The molecule has 0 amide bonds. The quantitative estimate of drug-likeness (QED) is 0.373. The minimum Gasteiger partial charge on any atom is -0.359 e. The molecule has 2 saturated heterocycles. The standard InChI is InChI=1S/C29H44N4S2/c34-28(30-26-18-22-4-6-24(26)16-22)32-12-8-20(9-13-32)2-1-3-21-10-14-33(15-11-21)29(35)31-27-19-23-5-7-25(27)17-23/h4-7,20-27H,1-3,8-19H2,(H,30,34)(H,31,35)/t22-,23-,24-,25-,26+,27+/m0/s1. The van der Waals surface area contributed by atoms with Crippen molar-refractivity contribution in [3.8, 4) is 0 Å². The lowest BCUT2D eigenvalue weighted by molar-refractivity contribution is 0.224. The highest BCUT2D eigenvalue weighted by atomic mass is 32.1. The molecule has 2 heterocycles. The Balaban J connectivity index is 0.835. The molecular formula is C29H44N4S2.